The highest BCUT2D eigenvalue weighted by atomic mass is 79.9. The number of rotatable bonds is 10. The third kappa shape index (κ3) is 14.7. The van der Waals surface area contributed by atoms with Crippen molar-refractivity contribution in [3.63, 3.8) is 0 Å². The predicted octanol–water partition coefficient (Wildman–Crippen LogP) is 9.13. The van der Waals surface area contributed by atoms with Crippen LogP contribution in [0.3, 0.4) is 0 Å². The Hall–Kier alpha value is -3.80. The second-order valence-electron chi connectivity index (χ2n) is 15.8. The van der Waals surface area contributed by atoms with Gasteiger partial charge < -0.3 is 20.7 Å². The SMILES string of the molecule is Brc1ccc(CN2CCN[C@H](Cc3ccccc3)C2)cc1.Cc1ccc(Cl)cc1-c1ccc(CN2CCN[C@H](Cc3ccccc3)C2)cc1.Cc1ccc(Cl)cc1B(O)O. The molecule has 2 fully saturated rings. The lowest BCUT2D eigenvalue weighted by Gasteiger charge is -2.34. The standard InChI is InChI=1S/C25H27ClN2.C18H21BrN2.C7H8BClO2/c1-19-7-12-23(26)16-25(19)22-10-8-21(9-11-22)17-28-14-13-27-24(18-28)15-20-5-3-2-4-6-20;19-17-8-6-16(7-9-17)13-21-11-10-20-18(14-21)12-15-4-2-1-3-5-15;1-5-2-3-6(9)4-7(5)8(10)11/h2-12,16,24,27H,13-15,17-18H2,1H3;1-9,18,20H,10-14H2;2-4,10-11H,1H3/t24-;18-;/m11./s1. The minimum atomic E-state index is -1.44. The minimum Gasteiger partial charge on any atom is -0.423 e. The summed E-state index contributed by atoms with van der Waals surface area (Å²) in [5.74, 6) is 0. The van der Waals surface area contributed by atoms with E-state index in [1.54, 1.807) is 25.1 Å². The third-order valence-corrected chi connectivity index (χ3v) is 12.0. The van der Waals surface area contributed by atoms with Crippen LogP contribution in [0.15, 0.2) is 150 Å². The molecule has 0 saturated carbocycles. The average Bonchev–Trinajstić information content (AvgIpc) is 3.25. The van der Waals surface area contributed by atoms with E-state index in [1.807, 2.05) is 6.07 Å². The van der Waals surface area contributed by atoms with Crippen molar-refractivity contribution in [1.29, 1.82) is 0 Å². The van der Waals surface area contributed by atoms with E-state index in [-0.39, 0.29) is 0 Å². The van der Waals surface area contributed by atoms with Gasteiger partial charge in [0.15, 0.2) is 0 Å². The molecule has 0 aromatic heterocycles. The first-order chi connectivity index (χ1) is 29.1. The van der Waals surface area contributed by atoms with Crippen LogP contribution in [0.4, 0.5) is 0 Å². The van der Waals surface area contributed by atoms with Gasteiger partial charge in [-0.3, -0.25) is 9.80 Å². The highest BCUT2D eigenvalue weighted by Gasteiger charge is 2.21. The molecule has 2 heterocycles. The van der Waals surface area contributed by atoms with Crippen LogP contribution in [-0.2, 0) is 25.9 Å². The summed E-state index contributed by atoms with van der Waals surface area (Å²) in [5, 5.41) is 26.3. The summed E-state index contributed by atoms with van der Waals surface area (Å²) < 4.78 is 1.15. The molecular formula is C50H56BBrCl2N4O2. The van der Waals surface area contributed by atoms with E-state index in [9.17, 15) is 0 Å². The summed E-state index contributed by atoms with van der Waals surface area (Å²) in [7, 11) is -1.44. The summed E-state index contributed by atoms with van der Waals surface area (Å²) in [4.78, 5) is 5.11. The molecule has 60 heavy (non-hydrogen) atoms. The molecule has 2 atom stereocenters. The van der Waals surface area contributed by atoms with Crippen LogP contribution in [0.5, 0.6) is 0 Å². The first-order valence-electron chi connectivity index (χ1n) is 20.8. The van der Waals surface area contributed by atoms with Gasteiger partial charge in [-0.15, -0.1) is 0 Å². The third-order valence-electron chi connectivity index (χ3n) is 11.0. The Balaban J connectivity index is 0.000000166. The van der Waals surface area contributed by atoms with Gasteiger partial charge in [0.25, 0.3) is 0 Å². The summed E-state index contributed by atoms with van der Waals surface area (Å²) in [6.07, 6.45) is 2.20. The van der Waals surface area contributed by atoms with Crippen LogP contribution in [0, 0.1) is 13.8 Å². The van der Waals surface area contributed by atoms with Crippen molar-refractivity contribution in [2.75, 3.05) is 39.3 Å². The van der Waals surface area contributed by atoms with Crippen LogP contribution >= 0.6 is 39.1 Å². The lowest BCUT2D eigenvalue weighted by atomic mass is 9.77. The fourth-order valence-corrected chi connectivity index (χ4v) is 8.45. The van der Waals surface area contributed by atoms with Gasteiger partial charge in [-0.2, -0.15) is 0 Å². The molecule has 0 radical (unpaired) electrons. The highest BCUT2D eigenvalue weighted by molar-refractivity contribution is 9.10. The average molecular weight is 907 g/mol. The Morgan fingerprint density at radius 3 is 1.53 bits per heavy atom. The van der Waals surface area contributed by atoms with Crippen molar-refractivity contribution in [1.82, 2.24) is 20.4 Å². The maximum absolute atomic E-state index is 8.83. The van der Waals surface area contributed by atoms with Gasteiger partial charge in [0.2, 0.25) is 0 Å². The monoisotopic (exact) mass is 904 g/mol. The van der Waals surface area contributed by atoms with Crippen molar-refractivity contribution in [3.05, 3.63) is 193 Å². The number of halogens is 3. The number of piperazine rings is 2. The summed E-state index contributed by atoms with van der Waals surface area (Å²) in [5.41, 5.74) is 10.5. The van der Waals surface area contributed by atoms with Gasteiger partial charge in [0.1, 0.15) is 0 Å². The zero-order chi connectivity index (χ0) is 42.3. The molecular weight excluding hydrogens is 850 g/mol. The van der Waals surface area contributed by atoms with E-state index in [0.717, 1.165) is 80.3 Å². The summed E-state index contributed by atoms with van der Waals surface area (Å²) in [6.45, 7) is 12.5. The Bertz CT molecular complexity index is 2200. The first kappa shape index (κ1) is 45.7. The smallest absolute Gasteiger partial charge is 0.423 e. The fraction of sp³-hybridized carbons (Fsp3) is 0.280. The molecule has 0 aliphatic carbocycles. The molecule has 2 aliphatic heterocycles. The van der Waals surface area contributed by atoms with Crippen LogP contribution in [0.1, 0.15) is 33.4 Å². The number of hydrogen-bond acceptors (Lipinski definition) is 6. The Morgan fingerprint density at radius 1 is 0.583 bits per heavy atom. The molecule has 6 aromatic carbocycles. The molecule has 0 bridgehead atoms. The zero-order valence-corrected chi connectivity index (χ0v) is 37.7. The molecule has 10 heteroatoms. The highest BCUT2D eigenvalue weighted by Crippen LogP contribution is 2.27. The molecule has 6 aromatic rings. The Kier molecular flexibility index (Phi) is 17.9. The van der Waals surface area contributed by atoms with Gasteiger partial charge >= 0.3 is 7.12 Å². The minimum absolute atomic E-state index is 0.456. The van der Waals surface area contributed by atoms with Crippen LogP contribution in [0.25, 0.3) is 11.1 Å². The molecule has 0 spiro atoms. The topological polar surface area (TPSA) is 71.0 Å². The molecule has 2 aliphatic rings. The lowest BCUT2D eigenvalue weighted by molar-refractivity contribution is 0.192. The van der Waals surface area contributed by atoms with Gasteiger partial charge in [-0.1, -0.05) is 154 Å². The second kappa shape index (κ2) is 23.4. The fourth-order valence-electron chi connectivity index (χ4n) is 7.84. The number of hydrogen-bond donors (Lipinski definition) is 4. The molecule has 4 N–H and O–H groups in total. The molecule has 8 rings (SSSR count). The van der Waals surface area contributed by atoms with E-state index < -0.39 is 7.12 Å². The Morgan fingerprint density at radius 2 is 1.05 bits per heavy atom. The number of nitrogens with zero attached hydrogens (tertiary/aromatic N) is 2. The van der Waals surface area contributed by atoms with Crippen LogP contribution < -0.4 is 16.1 Å². The lowest BCUT2D eigenvalue weighted by Crippen LogP contribution is -2.51. The van der Waals surface area contributed by atoms with Gasteiger partial charge in [0, 0.05) is 79.0 Å². The van der Waals surface area contributed by atoms with Crippen LogP contribution in [-0.4, -0.2) is 78.3 Å². The van der Waals surface area contributed by atoms with E-state index >= 15 is 0 Å². The maximum atomic E-state index is 8.83. The zero-order valence-electron chi connectivity index (χ0n) is 34.6. The van der Waals surface area contributed by atoms with Gasteiger partial charge in [-0.05, 0) is 107 Å². The maximum Gasteiger partial charge on any atom is 0.488 e. The molecule has 2 saturated heterocycles. The molecule has 6 nitrogen and oxygen atoms in total. The van der Waals surface area contributed by atoms with Crippen molar-refractivity contribution in [2.24, 2.45) is 0 Å². The molecule has 0 unspecified atom stereocenters. The molecule has 312 valence electrons. The van der Waals surface area contributed by atoms with Crippen molar-refractivity contribution < 1.29 is 10.0 Å². The van der Waals surface area contributed by atoms with Crippen LogP contribution in [0.2, 0.25) is 10.0 Å². The van der Waals surface area contributed by atoms with Crippen molar-refractivity contribution >= 4 is 51.7 Å². The van der Waals surface area contributed by atoms with E-state index in [0.29, 0.717) is 22.6 Å². The van der Waals surface area contributed by atoms with E-state index in [2.05, 4.69) is 165 Å². The summed E-state index contributed by atoms with van der Waals surface area (Å²) >= 11 is 15.3. The molecule has 0 amide bonds. The first-order valence-corrected chi connectivity index (χ1v) is 22.3. The largest absolute Gasteiger partial charge is 0.488 e. The van der Waals surface area contributed by atoms with E-state index in [4.69, 9.17) is 33.2 Å². The number of nitrogens with one attached hydrogen (secondary N) is 2. The Labute approximate surface area is 375 Å². The van der Waals surface area contributed by atoms with Crippen molar-refractivity contribution in [3.8, 4) is 11.1 Å². The predicted molar refractivity (Wildman–Crippen MR) is 256 cm³/mol. The second-order valence-corrected chi connectivity index (χ2v) is 17.6. The van der Waals surface area contributed by atoms with Crippen molar-refractivity contribution in [2.45, 2.75) is 51.9 Å². The quantitative estimate of drug-likeness (QED) is 0.103. The number of aryl methyl sites for hydroxylation is 2. The normalized spacial score (nSPS) is 16.9. The number of benzene rings is 6. The van der Waals surface area contributed by atoms with Gasteiger partial charge in [0.05, 0.1) is 0 Å². The summed E-state index contributed by atoms with van der Waals surface area (Å²) in [6, 6.07) is 51.3. The van der Waals surface area contributed by atoms with Gasteiger partial charge in [-0.25, -0.2) is 0 Å². The van der Waals surface area contributed by atoms with E-state index in [1.165, 1.54) is 38.9 Å².